The smallest absolute Gasteiger partial charge is 0.244 e. The second-order valence-electron chi connectivity index (χ2n) is 8.00. The van der Waals surface area contributed by atoms with Gasteiger partial charge in [0, 0.05) is 31.9 Å². The number of hydrogen-bond donors (Lipinski definition) is 1. The predicted molar refractivity (Wildman–Crippen MR) is 131 cm³/mol. The summed E-state index contributed by atoms with van der Waals surface area (Å²) in [6.45, 7) is 3.32. The molecular weight excluding hydrogens is 449 g/mol. The molecule has 1 saturated heterocycles. The molecule has 0 radical (unpaired) electrons. The molecule has 35 heavy (non-hydrogen) atoms. The highest BCUT2D eigenvalue weighted by Crippen LogP contribution is 2.25. The normalized spacial score (nSPS) is 15.0. The summed E-state index contributed by atoms with van der Waals surface area (Å²) in [5, 5.41) is 2.97. The van der Waals surface area contributed by atoms with Crippen LogP contribution in [0.4, 0.5) is 4.39 Å². The van der Waals surface area contributed by atoms with Crippen LogP contribution in [0.25, 0.3) is 6.08 Å². The van der Waals surface area contributed by atoms with E-state index in [1.165, 1.54) is 24.4 Å². The monoisotopic (exact) mass is 477 g/mol. The second-order valence-corrected chi connectivity index (χ2v) is 8.00. The number of methoxy groups -OCH3 is 1. The van der Waals surface area contributed by atoms with Crippen LogP contribution < -0.4 is 14.8 Å². The first kappa shape index (κ1) is 24.4. The standard InChI is InChI=1S/C27H28FN3O4/c1-33-22-8-6-21(7-9-22)25(31-13-15-34-16-14-31)19-30-27(32)11-5-20-4-10-26(24(28)17-20)35-23-3-2-12-29-18-23/h2-12,17-18,25H,13-16,19H2,1H3,(H,30,32)/b11-5+. The van der Waals surface area contributed by atoms with Gasteiger partial charge in [-0.3, -0.25) is 14.7 Å². The van der Waals surface area contributed by atoms with Crippen molar-refractivity contribution in [2.45, 2.75) is 6.04 Å². The number of morpholine rings is 1. The molecule has 3 aromatic rings. The molecule has 4 rings (SSSR count). The van der Waals surface area contributed by atoms with Gasteiger partial charge in [0.25, 0.3) is 0 Å². The fourth-order valence-electron chi connectivity index (χ4n) is 3.84. The molecule has 182 valence electrons. The Bertz CT molecular complexity index is 1130. The molecule has 7 nitrogen and oxygen atoms in total. The lowest BCUT2D eigenvalue weighted by Gasteiger charge is -2.34. The van der Waals surface area contributed by atoms with E-state index < -0.39 is 5.82 Å². The lowest BCUT2D eigenvalue weighted by molar-refractivity contribution is -0.116. The Morgan fingerprint density at radius 2 is 1.97 bits per heavy atom. The van der Waals surface area contributed by atoms with Crippen molar-refractivity contribution in [2.75, 3.05) is 40.0 Å². The van der Waals surface area contributed by atoms with E-state index in [9.17, 15) is 9.18 Å². The van der Waals surface area contributed by atoms with Crippen molar-refractivity contribution in [3.8, 4) is 17.2 Å². The van der Waals surface area contributed by atoms with Gasteiger partial charge >= 0.3 is 0 Å². The van der Waals surface area contributed by atoms with Crippen LogP contribution in [0.2, 0.25) is 0 Å². The van der Waals surface area contributed by atoms with Gasteiger partial charge in [0.05, 0.1) is 32.6 Å². The van der Waals surface area contributed by atoms with Gasteiger partial charge in [-0.15, -0.1) is 0 Å². The zero-order chi connectivity index (χ0) is 24.5. The summed E-state index contributed by atoms with van der Waals surface area (Å²) in [7, 11) is 1.63. The second kappa shape index (κ2) is 12.1. The number of rotatable bonds is 9. The maximum Gasteiger partial charge on any atom is 0.244 e. The van der Waals surface area contributed by atoms with Gasteiger partial charge in [0.1, 0.15) is 11.5 Å². The molecule has 2 aromatic carbocycles. The summed E-state index contributed by atoms with van der Waals surface area (Å²) in [5.41, 5.74) is 1.64. The van der Waals surface area contributed by atoms with Crippen molar-refractivity contribution in [2.24, 2.45) is 0 Å². The van der Waals surface area contributed by atoms with Crippen molar-refractivity contribution in [1.82, 2.24) is 15.2 Å². The van der Waals surface area contributed by atoms with Crippen molar-refractivity contribution < 1.29 is 23.4 Å². The van der Waals surface area contributed by atoms with Gasteiger partial charge < -0.3 is 19.5 Å². The molecule has 1 fully saturated rings. The molecular formula is C27H28FN3O4. The number of hydrogen-bond acceptors (Lipinski definition) is 6. The molecule has 0 bridgehead atoms. The molecule has 0 spiro atoms. The van der Waals surface area contributed by atoms with E-state index in [-0.39, 0.29) is 17.7 Å². The number of nitrogens with zero attached hydrogens (tertiary/aromatic N) is 2. The Kier molecular flexibility index (Phi) is 8.43. The van der Waals surface area contributed by atoms with Crippen LogP contribution >= 0.6 is 0 Å². The van der Waals surface area contributed by atoms with E-state index in [2.05, 4.69) is 15.2 Å². The van der Waals surface area contributed by atoms with Gasteiger partial charge in [0.2, 0.25) is 5.91 Å². The lowest BCUT2D eigenvalue weighted by Crippen LogP contribution is -2.43. The number of halogens is 1. The first-order valence-electron chi connectivity index (χ1n) is 11.4. The number of ether oxygens (including phenoxy) is 3. The Balaban J connectivity index is 1.37. The van der Waals surface area contributed by atoms with Gasteiger partial charge in [-0.1, -0.05) is 18.2 Å². The third-order valence-electron chi connectivity index (χ3n) is 5.70. The number of benzene rings is 2. The van der Waals surface area contributed by atoms with Crippen LogP contribution in [0.15, 0.2) is 73.1 Å². The molecule has 1 atom stereocenters. The number of carbonyl (C=O) groups is 1. The molecule has 0 aliphatic carbocycles. The predicted octanol–water partition coefficient (Wildman–Crippen LogP) is 4.22. The largest absolute Gasteiger partial charge is 0.497 e. The summed E-state index contributed by atoms with van der Waals surface area (Å²) >= 11 is 0. The Labute approximate surface area is 204 Å². The molecule has 0 saturated carbocycles. The molecule has 1 unspecified atom stereocenters. The van der Waals surface area contributed by atoms with Crippen LogP contribution in [-0.4, -0.2) is 55.7 Å². The number of aromatic nitrogens is 1. The molecule has 1 aliphatic rings. The summed E-state index contributed by atoms with van der Waals surface area (Å²) < 4.78 is 30.7. The molecule has 1 amide bonds. The zero-order valence-corrected chi connectivity index (χ0v) is 19.5. The molecule has 1 N–H and O–H groups in total. The molecule has 1 aliphatic heterocycles. The summed E-state index contributed by atoms with van der Waals surface area (Å²) in [6, 6.07) is 15.8. The zero-order valence-electron chi connectivity index (χ0n) is 19.5. The van der Waals surface area contributed by atoms with E-state index in [1.807, 2.05) is 24.3 Å². The lowest BCUT2D eigenvalue weighted by atomic mass is 10.0. The minimum atomic E-state index is -0.525. The van der Waals surface area contributed by atoms with E-state index in [4.69, 9.17) is 14.2 Å². The quantitative estimate of drug-likeness (QED) is 0.465. The van der Waals surface area contributed by atoms with Gasteiger partial charge in [-0.05, 0) is 53.6 Å². The Morgan fingerprint density at radius 3 is 2.66 bits per heavy atom. The SMILES string of the molecule is COc1ccc(C(CNC(=O)/C=C/c2ccc(Oc3cccnc3)c(F)c2)N2CCOCC2)cc1. The van der Waals surface area contributed by atoms with Crippen molar-refractivity contribution in [1.29, 1.82) is 0 Å². The van der Waals surface area contributed by atoms with E-state index in [1.54, 1.807) is 37.6 Å². The molecule has 2 heterocycles. The number of nitrogens with one attached hydrogen (secondary N) is 1. The van der Waals surface area contributed by atoms with Crippen LogP contribution in [0, 0.1) is 5.82 Å². The van der Waals surface area contributed by atoms with Crippen LogP contribution in [0.1, 0.15) is 17.2 Å². The highest BCUT2D eigenvalue weighted by molar-refractivity contribution is 5.91. The van der Waals surface area contributed by atoms with Gasteiger partial charge in [-0.2, -0.15) is 0 Å². The van der Waals surface area contributed by atoms with Gasteiger partial charge in [-0.25, -0.2) is 4.39 Å². The van der Waals surface area contributed by atoms with E-state index in [0.717, 1.165) is 24.4 Å². The van der Waals surface area contributed by atoms with Crippen molar-refractivity contribution in [3.63, 3.8) is 0 Å². The number of amides is 1. The van der Waals surface area contributed by atoms with Crippen molar-refractivity contribution >= 4 is 12.0 Å². The fourth-order valence-corrected chi connectivity index (χ4v) is 3.84. The highest BCUT2D eigenvalue weighted by atomic mass is 19.1. The molecule has 8 heteroatoms. The van der Waals surface area contributed by atoms with Gasteiger partial charge in [0.15, 0.2) is 11.6 Å². The number of carbonyl (C=O) groups excluding carboxylic acids is 1. The average molecular weight is 478 g/mol. The van der Waals surface area contributed by atoms with Crippen molar-refractivity contribution in [3.05, 3.63) is 90.0 Å². The maximum atomic E-state index is 14.5. The number of pyridine rings is 1. The minimum absolute atomic E-state index is 0.00325. The fraction of sp³-hybridized carbons (Fsp3) is 0.259. The summed E-state index contributed by atoms with van der Waals surface area (Å²) in [4.78, 5) is 18.8. The summed E-state index contributed by atoms with van der Waals surface area (Å²) in [5.74, 6) is 0.537. The first-order valence-corrected chi connectivity index (χ1v) is 11.4. The van der Waals surface area contributed by atoms with E-state index in [0.29, 0.717) is 31.1 Å². The van der Waals surface area contributed by atoms with Crippen LogP contribution in [0.5, 0.6) is 17.2 Å². The minimum Gasteiger partial charge on any atom is -0.497 e. The Morgan fingerprint density at radius 1 is 1.17 bits per heavy atom. The third-order valence-corrected chi connectivity index (χ3v) is 5.70. The van der Waals surface area contributed by atoms with Crippen LogP contribution in [0.3, 0.4) is 0 Å². The topological polar surface area (TPSA) is 72.9 Å². The third kappa shape index (κ3) is 6.88. The first-order chi connectivity index (χ1) is 17.1. The van der Waals surface area contributed by atoms with Crippen LogP contribution in [-0.2, 0) is 9.53 Å². The summed E-state index contributed by atoms with van der Waals surface area (Å²) in [6.07, 6.45) is 6.10. The van der Waals surface area contributed by atoms with E-state index >= 15 is 0 Å². The maximum absolute atomic E-state index is 14.5. The average Bonchev–Trinajstić information content (AvgIpc) is 2.90. The molecule has 1 aromatic heterocycles. The highest BCUT2D eigenvalue weighted by Gasteiger charge is 2.23. The Hall–Kier alpha value is -3.75.